The number of hydrogen-bond acceptors (Lipinski definition) is 5. The van der Waals surface area contributed by atoms with Crippen LogP contribution < -0.4 is 4.90 Å². The van der Waals surface area contributed by atoms with Gasteiger partial charge in [0, 0.05) is 14.1 Å². The summed E-state index contributed by atoms with van der Waals surface area (Å²) in [6.45, 7) is 3.90. The molecule has 0 saturated heterocycles. The molecule has 0 aromatic carbocycles. The van der Waals surface area contributed by atoms with Crippen LogP contribution in [0.2, 0.25) is 0 Å². The summed E-state index contributed by atoms with van der Waals surface area (Å²) in [4.78, 5) is 5.88. The molecular weight excluding hydrogens is 182 g/mol. The molecule has 14 heavy (non-hydrogen) atoms. The van der Waals surface area contributed by atoms with Crippen LogP contribution in [0.3, 0.4) is 0 Å². The maximum atomic E-state index is 9.59. The third-order valence-corrected chi connectivity index (χ3v) is 2.01. The Balaban J connectivity index is 2.60. The second-order valence-electron chi connectivity index (χ2n) is 3.90. The van der Waals surface area contributed by atoms with Crippen molar-refractivity contribution >= 4 is 5.95 Å². The molecule has 0 bridgehead atoms. The van der Waals surface area contributed by atoms with Gasteiger partial charge in [-0.05, 0) is 11.1 Å². The minimum Gasteiger partial charge on any atom is -0.392 e. The van der Waals surface area contributed by atoms with Crippen LogP contribution in [-0.2, 0) is 6.42 Å². The fraction of sp³-hybridized carbons (Fsp3) is 0.778. The van der Waals surface area contributed by atoms with Crippen molar-refractivity contribution in [2.75, 3.05) is 19.0 Å². The third-order valence-electron chi connectivity index (χ3n) is 2.01. The van der Waals surface area contributed by atoms with Gasteiger partial charge in [-0.15, -0.1) is 0 Å². The Morgan fingerprint density at radius 2 is 2.07 bits per heavy atom. The summed E-state index contributed by atoms with van der Waals surface area (Å²) in [6.07, 6.45) is -0.0103. The van der Waals surface area contributed by atoms with Gasteiger partial charge in [-0.1, -0.05) is 13.8 Å². The van der Waals surface area contributed by atoms with Crippen LogP contribution in [0.1, 0.15) is 19.7 Å². The molecule has 1 N–H and O–H groups in total. The molecule has 1 unspecified atom stereocenters. The van der Waals surface area contributed by atoms with E-state index in [0.29, 0.717) is 18.3 Å². The van der Waals surface area contributed by atoms with E-state index in [1.54, 1.807) is 4.90 Å². The van der Waals surface area contributed by atoms with Crippen LogP contribution >= 0.6 is 0 Å². The van der Waals surface area contributed by atoms with Gasteiger partial charge in [0.25, 0.3) is 5.95 Å². The number of aliphatic hydroxyl groups excluding tert-OH is 1. The predicted molar refractivity (Wildman–Crippen MR) is 53.2 cm³/mol. The zero-order valence-corrected chi connectivity index (χ0v) is 9.06. The van der Waals surface area contributed by atoms with E-state index in [1.807, 2.05) is 27.9 Å². The Labute approximate surface area is 83.7 Å². The van der Waals surface area contributed by atoms with Gasteiger partial charge < -0.3 is 14.5 Å². The first-order chi connectivity index (χ1) is 6.50. The normalized spacial score (nSPS) is 13.3. The second-order valence-corrected chi connectivity index (χ2v) is 3.90. The van der Waals surface area contributed by atoms with E-state index in [2.05, 4.69) is 10.1 Å². The average Bonchev–Trinajstić information content (AvgIpc) is 2.52. The number of hydrogen-bond donors (Lipinski definition) is 1. The summed E-state index contributed by atoms with van der Waals surface area (Å²) in [6, 6.07) is 0. The standard InChI is InChI=1S/C9H17N3O2/c1-6(2)7(13)5-8-10-9(11-14-8)12(3)4/h6-7,13H,5H2,1-4H3. The number of nitrogens with zero attached hydrogens (tertiary/aromatic N) is 3. The minimum atomic E-state index is -0.425. The molecule has 0 saturated carbocycles. The van der Waals surface area contributed by atoms with Gasteiger partial charge in [0.05, 0.1) is 12.5 Å². The molecule has 0 radical (unpaired) electrons. The van der Waals surface area contributed by atoms with Crippen LogP contribution in [0.15, 0.2) is 4.52 Å². The molecule has 1 aromatic rings. The molecule has 0 spiro atoms. The molecular formula is C9H17N3O2. The largest absolute Gasteiger partial charge is 0.392 e. The number of aliphatic hydroxyl groups is 1. The summed E-state index contributed by atoms with van der Waals surface area (Å²) in [5.41, 5.74) is 0. The van der Waals surface area contributed by atoms with E-state index in [9.17, 15) is 5.11 Å². The Morgan fingerprint density at radius 1 is 1.43 bits per heavy atom. The third kappa shape index (κ3) is 2.70. The van der Waals surface area contributed by atoms with Crippen molar-refractivity contribution in [3.8, 4) is 0 Å². The summed E-state index contributed by atoms with van der Waals surface area (Å²) in [7, 11) is 3.68. The van der Waals surface area contributed by atoms with E-state index in [0.717, 1.165) is 0 Å². The lowest BCUT2D eigenvalue weighted by molar-refractivity contribution is 0.116. The maximum absolute atomic E-state index is 9.59. The molecule has 5 heteroatoms. The van der Waals surface area contributed by atoms with Crippen molar-refractivity contribution in [2.24, 2.45) is 5.92 Å². The second kappa shape index (κ2) is 4.41. The Morgan fingerprint density at radius 3 is 2.50 bits per heavy atom. The Kier molecular flexibility index (Phi) is 3.46. The van der Waals surface area contributed by atoms with Crippen molar-refractivity contribution in [1.29, 1.82) is 0 Å². The molecule has 0 amide bonds. The van der Waals surface area contributed by atoms with Crippen molar-refractivity contribution in [1.82, 2.24) is 10.1 Å². The monoisotopic (exact) mass is 199 g/mol. The Bertz CT molecular complexity index is 283. The first-order valence-electron chi connectivity index (χ1n) is 4.68. The molecule has 1 aromatic heterocycles. The SMILES string of the molecule is CC(C)C(O)Cc1nc(N(C)C)no1. The van der Waals surface area contributed by atoms with Gasteiger partial charge in [0.2, 0.25) is 5.89 Å². The van der Waals surface area contributed by atoms with E-state index >= 15 is 0 Å². The fourth-order valence-electron chi connectivity index (χ4n) is 0.925. The highest BCUT2D eigenvalue weighted by Gasteiger charge is 2.15. The van der Waals surface area contributed by atoms with Crippen LogP contribution in [0.25, 0.3) is 0 Å². The van der Waals surface area contributed by atoms with Crippen LogP contribution in [0, 0.1) is 5.92 Å². The minimum absolute atomic E-state index is 0.199. The first-order valence-corrected chi connectivity index (χ1v) is 4.68. The topological polar surface area (TPSA) is 62.4 Å². The van der Waals surface area contributed by atoms with Crippen LogP contribution in [0.4, 0.5) is 5.95 Å². The quantitative estimate of drug-likeness (QED) is 0.773. The molecule has 0 aliphatic carbocycles. The van der Waals surface area contributed by atoms with E-state index < -0.39 is 6.10 Å². The van der Waals surface area contributed by atoms with Crippen molar-refractivity contribution in [3.63, 3.8) is 0 Å². The smallest absolute Gasteiger partial charge is 0.265 e. The van der Waals surface area contributed by atoms with Gasteiger partial charge in [-0.3, -0.25) is 0 Å². The van der Waals surface area contributed by atoms with Crippen molar-refractivity contribution in [2.45, 2.75) is 26.4 Å². The van der Waals surface area contributed by atoms with Crippen molar-refractivity contribution in [3.05, 3.63) is 5.89 Å². The van der Waals surface area contributed by atoms with E-state index in [-0.39, 0.29) is 5.92 Å². The van der Waals surface area contributed by atoms with Crippen LogP contribution in [0.5, 0.6) is 0 Å². The van der Waals surface area contributed by atoms with E-state index in [4.69, 9.17) is 4.52 Å². The molecule has 0 aliphatic rings. The van der Waals surface area contributed by atoms with Gasteiger partial charge in [-0.25, -0.2) is 0 Å². The molecule has 0 fully saturated rings. The number of rotatable bonds is 4. The molecule has 80 valence electrons. The van der Waals surface area contributed by atoms with Crippen LogP contribution in [-0.4, -0.2) is 35.4 Å². The lowest BCUT2D eigenvalue weighted by Crippen LogP contribution is -2.18. The maximum Gasteiger partial charge on any atom is 0.265 e. The molecule has 0 aliphatic heterocycles. The van der Waals surface area contributed by atoms with Gasteiger partial charge >= 0.3 is 0 Å². The fourth-order valence-corrected chi connectivity index (χ4v) is 0.925. The van der Waals surface area contributed by atoms with E-state index in [1.165, 1.54) is 0 Å². The molecule has 1 atom stereocenters. The summed E-state index contributed by atoms with van der Waals surface area (Å²) >= 11 is 0. The lowest BCUT2D eigenvalue weighted by atomic mass is 10.0. The highest BCUT2D eigenvalue weighted by molar-refractivity contribution is 5.23. The lowest BCUT2D eigenvalue weighted by Gasteiger charge is -2.10. The highest BCUT2D eigenvalue weighted by Crippen LogP contribution is 2.11. The number of anilines is 1. The van der Waals surface area contributed by atoms with Gasteiger partial charge in [0.15, 0.2) is 0 Å². The van der Waals surface area contributed by atoms with Gasteiger partial charge in [0.1, 0.15) is 0 Å². The molecule has 1 heterocycles. The van der Waals surface area contributed by atoms with Crippen molar-refractivity contribution < 1.29 is 9.63 Å². The summed E-state index contributed by atoms with van der Waals surface area (Å²) < 4.78 is 4.98. The van der Waals surface area contributed by atoms with Gasteiger partial charge in [-0.2, -0.15) is 4.98 Å². The highest BCUT2D eigenvalue weighted by atomic mass is 16.5. The zero-order valence-electron chi connectivity index (χ0n) is 9.06. The average molecular weight is 199 g/mol. The zero-order chi connectivity index (χ0) is 10.7. The molecule has 1 rings (SSSR count). The first kappa shape index (κ1) is 11.0. The summed E-state index contributed by atoms with van der Waals surface area (Å²) in [5, 5.41) is 13.3. The number of aromatic nitrogens is 2. The Hall–Kier alpha value is -1.10. The molecule has 5 nitrogen and oxygen atoms in total. The summed E-state index contributed by atoms with van der Waals surface area (Å²) in [5.74, 6) is 1.22. The predicted octanol–water partition coefficient (Wildman–Crippen LogP) is 0.695.